The van der Waals surface area contributed by atoms with Crippen LogP contribution in [0.5, 0.6) is 0 Å². The Morgan fingerprint density at radius 2 is 2.12 bits per heavy atom. The van der Waals surface area contributed by atoms with E-state index in [0.29, 0.717) is 13.0 Å². The first-order valence-corrected chi connectivity index (χ1v) is 9.25. The molecule has 1 amide bonds. The van der Waals surface area contributed by atoms with Crippen LogP contribution in [-0.4, -0.2) is 10.9 Å². The number of carbonyl (C=O) groups excluding carboxylic acids is 1. The molecule has 0 aliphatic rings. The Kier molecular flexibility index (Phi) is 5.30. The van der Waals surface area contributed by atoms with Crippen LogP contribution in [0.1, 0.15) is 44.4 Å². The Bertz CT molecular complexity index is 808. The van der Waals surface area contributed by atoms with Crippen molar-refractivity contribution in [3.63, 3.8) is 0 Å². The molecule has 0 N–H and O–H groups in total. The zero-order valence-corrected chi connectivity index (χ0v) is 14.9. The van der Waals surface area contributed by atoms with E-state index in [2.05, 4.69) is 32.0 Å². The zero-order valence-electron chi connectivity index (χ0n) is 14.1. The van der Waals surface area contributed by atoms with Gasteiger partial charge in [-0.3, -0.25) is 9.69 Å². The molecule has 3 rings (SSSR count). The van der Waals surface area contributed by atoms with Gasteiger partial charge in [0.05, 0.1) is 23.0 Å². The Labute approximate surface area is 146 Å². The van der Waals surface area contributed by atoms with Gasteiger partial charge < -0.3 is 4.42 Å². The second-order valence-corrected chi connectivity index (χ2v) is 6.79. The SMILES string of the molecule is CCCCC(=O)N(Cc1ccco1)c1nc2c(CC)cccc2s1. The normalized spacial score (nSPS) is 11.1. The van der Waals surface area contributed by atoms with Gasteiger partial charge in [-0.1, -0.05) is 43.7 Å². The monoisotopic (exact) mass is 342 g/mol. The van der Waals surface area contributed by atoms with Crippen molar-refractivity contribution in [3.05, 3.63) is 47.9 Å². The summed E-state index contributed by atoms with van der Waals surface area (Å²) in [5, 5.41) is 0.753. The van der Waals surface area contributed by atoms with E-state index in [4.69, 9.17) is 9.40 Å². The van der Waals surface area contributed by atoms with Crippen molar-refractivity contribution in [2.75, 3.05) is 4.90 Å². The molecule has 5 heteroatoms. The highest BCUT2D eigenvalue weighted by atomic mass is 32.1. The lowest BCUT2D eigenvalue weighted by Crippen LogP contribution is -2.29. The van der Waals surface area contributed by atoms with Crippen molar-refractivity contribution in [2.24, 2.45) is 0 Å². The molecule has 4 nitrogen and oxygen atoms in total. The number of nitrogens with zero attached hydrogens (tertiary/aromatic N) is 2. The van der Waals surface area contributed by atoms with Gasteiger partial charge in [0.2, 0.25) is 5.91 Å². The largest absolute Gasteiger partial charge is 0.467 e. The summed E-state index contributed by atoms with van der Waals surface area (Å²) < 4.78 is 6.56. The molecule has 1 aromatic carbocycles. The fourth-order valence-corrected chi connectivity index (χ4v) is 3.71. The standard InChI is InChI=1S/C19H22N2O2S/c1-3-5-11-17(22)21(13-15-9-7-12-23-15)19-20-18-14(4-2)8-6-10-16(18)24-19/h6-10,12H,3-5,11,13H2,1-2H3. The molecule has 0 atom stereocenters. The number of aromatic nitrogens is 1. The van der Waals surface area contributed by atoms with Gasteiger partial charge in [-0.15, -0.1) is 0 Å². The number of para-hydroxylation sites is 1. The molecule has 0 saturated heterocycles. The highest BCUT2D eigenvalue weighted by Gasteiger charge is 2.21. The molecule has 3 aromatic rings. The number of rotatable bonds is 7. The summed E-state index contributed by atoms with van der Waals surface area (Å²) in [6.07, 6.45) is 4.99. The summed E-state index contributed by atoms with van der Waals surface area (Å²) in [6.45, 7) is 4.65. The molecule has 2 heterocycles. The molecule has 0 saturated carbocycles. The number of amides is 1. The summed E-state index contributed by atoms with van der Waals surface area (Å²) in [7, 11) is 0. The Morgan fingerprint density at radius 1 is 1.25 bits per heavy atom. The number of fused-ring (bicyclic) bond motifs is 1. The maximum absolute atomic E-state index is 12.7. The van der Waals surface area contributed by atoms with Gasteiger partial charge >= 0.3 is 0 Å². The van der Waals surface area contributed by atoms with Gasteiger partial charge in [0, 0.05) is 6.42 Å². The van der Waals surface area contributed by atoms with E-state index in [1.807, 2.05) is 12.1 Å². The van der Waals surface area contributed by atoms with Crippen molar-refractivity contribution in [3.8, 4) is 0 Å². The van der Waals surface area contributed by atoms with Crippen LogP contribution in [0.4, 0.5) is 5.13 Å². The summed E-state index contributed by atoms with van der Waals surface area (Å²) in [5.41, 5.74) is 2.22. The lowest BCUT2D eigenvalue weighted by molar-refractivity contribution is -0.118. The molecule has 126 valence electrons. The first kappa shape index (κ1) is 16.7. The average molecular weight is 342 g/mol. The van der Waals surface area contributed by atoms with E-state index in [9.17, 15) is 4.79 Å². The second kappa shape index (κ2) is 7.62. The number of thiazole rings is 1. The highest BCUT2D eigenvalue weighted by molar-refractivity contribution is 7.22. The van der Waals surface area contributed by atoms with Gasteiger partial charge in [-0.25, -0.2) is 4.98 Å². The summed E-state index contributed by atoms with van der Waals surface area (Å²) in [4.78, 5) is 19.2. The third kappa shape index (κ3) is 3.51. The third-order valence-corrected chi connectivity index (χ3v) is 5.09. The van der Waals surface area contributed by atoms with Gasteiger partial charge in [-0.05, 0) is 36.6 Å². The van der Waals surface area contributed by atoms with Crippen molar-refractivity contribution < 1.29 is 9.21 Å². The van der Waals surface area contributed by atoms with E-state index >= 15 is 0 Å². The lowest BCUT2D eigenvalue weighted by Gasteiger charge is -2.18. The third-order valence-electron chi connectivity index (χ3n) is 4.04. The first-order chi connectivity index (χ1) is 11.7. The number of hydrogen-bond acceptors (Lipinski definition) is 4. The number of carbonyl (C=O) groups is 1. The van der Waals surface area contributed by atoms with Crippen LogP contribution in [0.25, 0.3) is 10.2 Å². The van der Waals surface area contributed by atoms with Crippen LogP contribution in [0.2, 0.25) is 0 Å². The second-order valence-electron chi connectivity index (χ2n) is 5.78. The van der Waals surface area contributed by atoms with Crippen LogP contribution in [0.15, 0.2) is 41.0 Å². The highest BCUT2D eigenvalue weighted by Crippen LogP contribution is 2.32. The van der Waals surface area contributed by atoms with Crippen molar-refractivity contribution in [2.45, 2.75) is 46.1 Å². The number of furan rings is 1. The molecule has 0 spiro atoms. The predicted octanol–water partition coefficient (Wildman–Crippen LogP) is 5.18. The minimum Gasteiger partial charge on any atom is -0.467 e. The van der Waals surface area contributed by atoms with Crippen LogP contribution in [-0.2, 0) is 17.8 Å². The van der Waals surface area contributed by atoms with Crippen molar-refractivity contribution in [1.82, 2.24) is 4.98 Å². The molecule has 0 aliphatic heterocycles. The van der Waals surface area contributed by atoms with Crippen LogP contribution < -0.4 is 4.90 Å². The molecule has 24 heavy (non-hydrogen) atoms. The molecule has 2 aromatic heterocycles. The summed E-state index contributed by atoms with van der Waals surface area (Å²) in [5.74, 6) is 0.875. The fraction of sp³-hybridized carbons (Fsp3) is 0.368. The maximum atomic E-state index is 12.7. The first-order valence-electron chi connectivity index (χ1n) is 8.44. The summed E-state index contributed by atoms with van der Waals surface area (Å²) in [6, 6.07) is 9.96. The predicted molar refractivity (Wildman–Crippen MR) is 98.4 cm³/mol. The molecule has 0 fully saturated rings. The Hall–Kier alpha value is -2.14. The molecule has 0 radical (unpaired) electrons. The van der Waals surface area contributed by atoms with Crippen molar-refractivity contribution in [1.29, 1.82) is 0 Å². The Balaban J connectivity index is 1.96. The molecule has 0 bridgehead atoms. The minimum absolute atomic E-state index is 0.102. The number of benzene rings is 1. The van der Waals surface area contributed by atoms with E-state index in [1.54, 1.807) is 22.5 Å². The number of unbranched alkanes of at least 4 members (excludes halogenated alkanes) is 1. The molecule has 0 unspecified atom stereocenters. The number of hydrogen-bond donors (Lipinski definition) is 0. The van der Waals surface area contributed by atoms with Crippen molar-refractivity contribution >= 4 is 32.6 Å². The number of anilines is 1. The van der Waals surface area contributed by atoms with E-state index < -0.39 is 0 Å². The van der Waals surface area contributed by atoms with Gasteiger partial charge in [0.15, 0.2) is 5.13 Å². The molecular weight excluding hydrogens is 320 g/mol. The van der Waals surface area contributed by atoms with E-state index in [0.717, 1.165) is 40.4 Å². The smallest absolute Gasteiger partial charge is 0.229 e. The quantitative estimate of drug-likeness (QED) is 0.594. The van der Waals surface area contributed by atoms with Gasteiger partial charge in [0.1, 0.15) is 5.76 Å². The van der Waals surface area contributed by atoms with E-state index in [-0.39, 0.29) is 5.91 Å². The average Bonchev–Trinajstić information content (AvgIpc) is 3.25. The van der Waals surface area contributed by atoms with Crippen LogP contribution in [0.3, 0.4) is 0 Å². The molecular formula is C19H22N2O2S. The van der Waals surface area contributed by atoms with E-state index in [1.165, 1.54) is 5.56 Å². The molecule has 0 aliphatic carbocycles. The topological polar surface area (TPSA) is 46.3 Å². The summed E-state index contributed by atoms with van der Waals surface area (Å²) >= 11 is 1.57. The lowest BCUT2D eigenvalue weighted by atomic mass is 10.1. The minimum atomic E-state index is 0.102. The zero-order chi connectivity index (χ0) is 16.9. The van der Waals surface area contributed by atoms with Crippen LogP contribution >= 0.6 is 11.3 Å². The van der Waals surface area contributed by atoms with Gasteiger partial charge in [-0.2, -0.15) is 0 Å². The van der Waals surface area contributed by atoms with Gasteiger partial charge in [0.25, 0.3) is 0 Å². The number of aryl methyl sites for hydroxylation is 1. The van der Waals surface area contributed by atoms with Crippen LogP contribution in [0, 0.1) is 0 Å². The fourth-order valence-electron chi connectivity index (χ4n) is 2.68. The Morgan fingerprint density at radius 3 is 2.83 bits per heavy atom. The maximum Gasteiger partial charge on any atom is 0.229 e.